The Morgan fingerprint density at radius 2 is 1.79 bits per heavy atom. The summed E-state index contributed by atoms with van der Waals surface area (Å²) in [6.45, 7) is 0. The molecule has 5 atom stereocenters. The molecule has 0 aromatic rings. The number of carbonyl (C=O) groups is 3. The molecule has 1 amide bonds. The maximum atomic E-state index is 11.4. The first-order valence-electron chi connectivity index (χ1n) is 5.15. The fourth-order valence-electron chi connectivity index (χ4n) is 1.10. The Labute approximate surface area is 113 Å². The van der Waals surface area contributed by atoms with Crippen LogP contribution in [0.25, 0.3) is 0 Å². The molecule has 0 fully saturated rings. The topological polar surface area (TPSA) is 170 Å². The van der Waals surface area contributed by atoms with E-state index in [2.05, 4.69) is 12.6 Å². The molecule has 0 aromatic carbocycles. The summed E-state index contributed by atoms with van der Waals surface area (Å²) in [5, 5.41) is 38.3. The van der Waals surface area contributed by atoms with Gasteiger partial charge >= 0.3 is 5.97 Å². The largest absolute Gasteiger partial charge is 0.479 e. The molecule has 0 aliphatic heterocycles. The minimum absolute atomic E-state index is 0.0200. The predicted octanol–water partition coefficient (Wildman–Crippen LogP) is -3.91. The second-order valence-electron chi connectivity index (χ2n) is 3.72. The van der Waals surface area contributed by atoms with Gasteiger partial charge in [0.2, 0.25) is 5.91 Å². The van der Waals surface area contributed by atoms with Crippen LogP contribution in [0.3, 0.4) is 0 Å². The Morgan fingerprint density at radius 1 is 1.26 bits per heavy atom. The van der Waals surface area contributed by atoms with Crippen molar-refractivity contribution >= 4 is 30.8 Å². The zero-order chi connectivity index (χ0) is 15.2. The summed E-state index contributed by atoms with van der Waals surface area (Å²) in [5.41, 5.74) is 5.31. The van der Waals surface area contributed by atoms with Crippen molar-refractivity contribution in [2.75, 3.05) is 5.75 Å². The highest BCUT2D eigenvalue weighted by molar-refractivity contribution is 7.80. The number of aliphatic hydroxyl groups excluding tert-OH is 3. The van der Waals surface area contributed by atoms with Crippen molar-refractivity contribution in [1.82, 2.24) is 5.32 Å². The lowest BCUT2D eigenvalue weighted by molar-refractivity contribution is -0.159. The first kappa shape index (κ1) is 17.8. The molecular formula is C9H16N2O7S. The van der Waals surface area contributed by atoms with E-state index in [1.807, 2.05) is 5.32 Å². The maximum absolute atomic E-state index is 11.4. The Hall–Kier alpha value is -1.20. The Balaban J connectivity index is 4.72. The van der Waals surface area contributed by atoms with Crippen LogP contribution in [-0.2, 0) is 14.4 Å². The molecule has 10 heteroatoms. The average molecular weight is 296 g/mol. The fourth-order valence-corrected chi connectivity index (χ4v) is 1.27. The van der Waals surface area contributed by atoms with Crippen LogP contribution < -0.4 is 11.1 Å². The van der Waals surface area contributed by atoms with Crippen LogP contribution in [0.2, 0.25) is 0 Å². The van der Waals surface area contributed by atoms with Crippen molar-refractivity contribution in [2.24, 2.45) is 5.73 Å². The second kappa shape index (κ2) is 8.07. The molecule has 0 heterocycles. The number of nitrogens with one attached hydrogen (secondary N) is 1. The van der Waals surface area contributed by atoms with Crippen molar-refractivity contribution in [3.05, 3.63) is 0 Å². The zero-order valence-electron chi connectivity index (χ0n) is 9.71. The number of nitrogens with two attached hydrogens (primary N) is 1. The van der Waals surface area contributed by atoms with Gasteiger partial charge in [-0.1, -0.05) is 0 Å². The lowest BCUT2D eigenvalue weighted by Crippen LogP contribution is -2.56. The van der Waals surface area contributed by atoms with Gasteiger partial charge in [-0.05, 0) is 0 Å². The second-order valence-corrected chi connectivity index (χ2v) is 4.09. The molecule has 0 saturated carbocycles. The number of aldehydes is 1. The van der Waals surface area contributed by atoms with Crippen LogP contribution >= 0.6 is 12.6 Å². The molecule has 9 nitrogen and oxygen atoms in total. The van der Waals surface area contributed by atoms with Crippen LogP contribution in [0.15, 0.2) is 0 Å². The van der Waals surface area contributed by atoms with E-state index in [4.69, 9.17) is 15.9 Å². The lowest BCUT2D eigenvalue weighted by atomic mass is 10.0. The molecular weight excluding hydrogens is 280 g/mol. The van der Waals surface area contributed by atoms with E-state index in [0.717, 1.165) is 0 Å². The number of aliphatic carboxylic acids is 1. The van der Waals surface area contributed by atoms with E-state index in [0.29, 0.717) is 0 Å². The fraction of sp³-hybridized carbons (Fsp3) is 0.667. The van der Waals surface area contributed by atoms with Gasteiger partial charge in [0.05, 0.1) is 6.04 Å². The molecule has 0 unspecified atom stereocenters. The molecule has 110 valence electrons. The molecule has 0 aliphatic carbocycles. The summed E-state index contributed by atoms with van der Waals surface area (Å²) in [6, 6.07) is -2.65. The zero-order valence-corrected chi connectivity index (χ0v) is 10.6. The van der Waals surface area contributed by atoms with Crippen LogP contribution in [-0.4, -0.2) is 74.7 Å². The van der Waals surface area contributed by atoms with Gasteiger partial charge in [0.1, 0.15) is 24.5 Å². The number of aliphatic hydroxyl groups is 3. The molecule has 0 aromatic heterocycles. The normalized spacial score (nSPS) is 18.8. The van der Waals surface area contributed by atoms with Gasteiger partial charge in [-0.25, -0.2) is 4.79 Å². The van der Waals surface area contributed by atoms with Crippen LogP contribution in [0.4, 0.5) is 0 Å². The number of hydrogen-bond acceptors (Lipinski definition) is 8. The van der Waals surface area contributed by atoms with Crippen LogP contribution in [0.5, 0.6) is 0 Å². The molecule has 0 aliphatic rings. The third-order valence-corrected chi connectivity index (χ3v) is 2.68. The first-order chi connectivity index (χ1) is 8.76. The third-order valence-electron chi connectivity index (χ3n) is 2.28. The van der Waals surface area contributed by atoms with Gasteiger partial charge in [0.25, 0.3) is 0 Å². The number of rotatable bonds is 8. The Morgan fingerprint density at radius 3 is 2.16 bits per heavy atom. The van der Waals surface area contributed by atoms with Crippen molar-refractivity contribution in [2.45, 2.75) is 30.4 Å². The number of carbonyl (C=O) groups excluding carboxylic acids is 2. The smallest absolute Gasteiger partial charge is 0.335 e. The molecule has 0 saturated heterocycles. The minimum Gasteiger partial charge on any atom is -0.479 e. The van der Waals surface area contributed by atoms with E-state index < -0.39 is 42.3 Å². The monoisotopic (exact) mass is 296 g/mol. The van der Waals surface area contributed by atoms with Crippen LogP contribution in [0.1, 0.15) is 0 Å². The highest BCUT2D eigenvalue weighted by atomic mass is 32.1. The number of carboxylic acid groups (broad SMARTS) is 1. The summed E-state index contributed by atoms with van der Waals surface area (Å²) < 4.78 is 0. The average Bonchev–Trinajstić information content (AvgIpc) is 2.40. The van der Waals surface area contributed by atoms with Gasteiger partial charge in [-0.3, -0.25) is 4.79 Å². The van der Waals surface area contributed by atoms with E-state index >= 15 is 0 Å². The summed E-state index contributed by atoms with van der Waals surface area (Å²) in [7, 11) is 0. The highest BCUT2D eigenvalue weighted by Gasteiger charge is 2.36. The Bertz CT molecular complexity index is 341. The minimum atomic E-state index is -2.30. The standard InChI is InChI=1S/C9H16N2O7S/c10-3(2-19)8(16)11-4(1-12)5(13)6(14)7(15)9(17)18/h1,3-7,13-15,19H,2,10H2,(H,11,16)(H,17,18)/t3-,4-,5+,6+,7-/m0/s1. The van der Waals surface area contributed by atoms with Gasteiger partial charge in [-0.2, -0.15) is 12.6 Å². The van der Waals surface area contributed by atoms with E-state index in [9.17, 15) is 24.6 Å². The summed E-state index contributed by atoms with van der Waals surface area (Å²) in [6.07, 6.45) is -6.36. The quantitative estimate of drug-likeness (QED) is 0.176. The van der Waals surface area contributed by atoms with E-state index in [1.54, 1.807) is 0 Å². The molecule has 0 spiro atoms. The van der Waals surface area contributed by atoms with Crippen molar-refractivity contribution < 1.29 is 34.8 Å². The van der Waals surface area contributed by atoms with Crippen molar-refractivity contribution in [1.29, 1.82) is 0 Å². The van der Waals surface area contributed by atoms with Crippen molar-refractivity contribution in [3.63, 3.8) is 0 Å². The molecule has 0 bridgehead atoms. The summed E-state index contributed by atoms with van der Waals surface area (Å²) in [5.74, 6) is -2.62. The van der Waals surface area contributed by atoms with Gasteiger partial charge in [0.15, 0.2) is 6.10 Å². The van der Waals surface area contributed by atoms with E-state index in [-0.39, 0.29) is 12.0 Å². The van der Waals surface area contributed by atoms with E-state index in [1.165, 1.54) is 0 Å². The lowest BCUT2D eigenvalue weighted by Gasteiger charge is -2.26. The first-order valence-corrected chi connectivity index (χ1v) is 5.78. The maximum Gasteiger partial charge on any atom is 0.335 e. The molecule has 19 heavy (non-hydrogen) atoms. The van der Waals surface area contributed by atoms with Gasteiger partial charge in [0, 0.05) is 5.75 Å². The predicted molar refractivity (Wildman–Crippen MR) is 65.5 cm³/mol. The number of thiol groups is 1. The van der Waals surface area contributed by atoms with Crippen molar-refractivity contribution in [3.8, 4) is 0 Å². The van der Waals surface area contributed by atoms with Gasteiger partial charge < -0.3 is 36.3 Å². The molecule has 7 N–H and O–H groups in total. The molecule has 0 rings (SSSR count). The summed E-state index contributed by atoms with van der Waals surface area (Å²) in [4.78, 5) is 32.5. The number of amides is 1. The number of carboxylic acids is 1. The third kappa shape index (κ3) is 5.12. The molecule has 0 radical (unpaired) electrons. The van der Waals surface area contributed by atoms with Crippen LogP contribution in [0, 0.1) is 0 Å². The Kier molecular flexibility index (Phi) is 7.56. The number of hydrogen-bond donors (Lipinski definition) is 7. The van der Waals surface area contributed by atoms with Gasteiger partial charge in [-0.15, -0.1) is 0 Å². The highest BCUT2D eigenvalue weighted by Crippen LogP contribution is 2.05. The SMILES string of the molecule is N[C@@H](CS)C(=O)N[C@@H](C=O)[C@@H](O)[C@@H](O)[C@H](O)C(=O)O. The summed E-state index contributed by atoms with van der Waals surface area (Å²) >= 11 is 3.75.